The summed E-state index contributed by atoms with van der Waals surface area (Å²) in [6.45, 7) is 6.33. The molecule has 0 spiro atoms. The molecule has 2 nitrogen and oxygen atoms in total. The van der Waals surface area contributed by atoms with Crippen LogP contribution in [0.2, 0.25) is 0 Å². The second-order valence-electron chi connectivity index (χ2n) is 4.86. The van der Waals surface area contributed by atoms with Gasteiger partial charge in [0.2, 0.25) is 0 Å². The van der Waals surface area contributed by atoms with Crippen LogP contribution in [0, 0.1) is 5.82 Å². The number of rotatable bonds is 4. The highest BCUT2D eigenvalue weighted by Gasteiger charge is 2.28. The van der Waals surface area contributed by atoms with Crippen molar-refractivity contribution in [3.05, 3.63) is 29.6 Å². The molecule has 17 heavy (non-hydrogen) atoms. The van der Waals surface area contributed by atoms with Gasteiger partial charge in [0.15, 0.2) is 0 Å². The molecule has 2 unspecified atom stereocenters. The summed E-state index contributed by atoms with van der Waals surface area (Å²) < 4.78 is 13.4. The highest BCUT2D eigenvalue weighted by atomic mass is 19.1. The zero-order valence-corrected chi connectivity index (χ0v) is 10.8. The quantitative estimate of drug-likeness (QED) is 0.864. The second kappa shape index (κ2) is 5.05. The normalized spacial score (nSPS) is 20.5. The van der Waals surface area contributed by atoms with Crippen LogP contribution in [0.25, 0.3) is 0 Å². The molecule has 1 heterocycles. The minimum absolute atomic E-state index is 0.121. The lowest BCUT2D eigenvalue weighted by atomic mass is 9.94. The number of fused-ring (bicyclic) bond motifs is 1. The third kappa shape index (κ3) is 2.44. The molecule has 0 saturated heterocycles. The lowest BCUT2D eigenvalue weighted by Crippen LogP contribution is -2.26. The van der Waals surface area contributed by atoms with Crippen LogP contribution < -0.4 is 10.2 Å². The Bertz CT molecular complexity index is 390. The number of hydrogen-bond donors (Lipinski definition) is 1. The molecule has 0 saturated carbocycles. The Morgan fingerprint density at radius 1 is 1.53 bits per heavy atom. The zero-order valence-electron chi connectivity index (χ0n) is 10.8. The van der Waals surface area contributed by atoms with Gasteiger partial charge in [-0.15, -0.1) is 0 Å². The first-order valence-corrected chi connectivity index (χ1v) is 6.37. The van der Waals surface area contributed by atoms with E-state index in [0.717, 1.165) is 19.5 Å². The highest BCUT2D eigenvalue weighted by Crippen LogP contribution is 2.38. The van der Waals surface area contributed by atoms with Gasteiger partial charge in [0, 0.05) is 30.7 Å². The lowest BCUT2D eigenvalue weighted by Gasteiger charge is -2.18. The topological polar surface area (TPSA) is 15.3 Å². The fourth-order valence-electron chi connectivity index (χ4n) is 2.65. The summed E-state index contributed by atoms with van der Waals surface area (Å²) in [5.41, 5.74) is 2.39. The summed E-state index contributed by atoms with van der Waals surface area (Å²) in [7, 11) is 1.98. The van der Waals surface area contributed by atoms with E-state index in [-0.39, 0.29) is 5.82 Å². The van der Waals surface area contributed by atoms with Gasteiger partial charge in [-0.1, -0.05) is 0 Å². The van der Waals surface area contributed by atoms with Crippen molar-refractivity contribution < 1.29 is 4.39 Å². The van der Waals surface area contributed by atoms with Gasteiger partial charge in [-0.3, -0.25) is 0 Å². The van der Waals surface area contributed by atoms with E-state index in [1.165, 1.54) is 11.3 Å². The molecule has 3 heteroatoms. The number of benzene rings is 1. The predicted molar refractivity (Wildman–Crippen MR) is 70.2 cm³/mol. The first-order chi connectivity index (χ1) is 8.15. The van der Waals surface area contributed by atoms with E-state index in [2.05, 4.69) is 24.1 Å². The van der Waals surface area contributed by atoms with E-state index < -0.39 is 0 Å². The molecule has 1 aliphatic heterocycles. The van der Waals surface area contributed by atoms with Crippen LogP contribution in [-0.4, -0.2) is 26.2 Å². The molecule has 0 aliphatic carbocycles. The van der Waals surface area contributed by atoms with Crippen molar-refractivity contribution in [2.45, 2.75) is 32.2 Å². The van der Waals surface area contributed by atoms with E-state index in [9.17, 15) is 4.39 Å². The molecule has 94 valence electrons. The fraction of sp³-hybridized carbons (Fsp3) is 0.571. The van der Waals surface area contributed by atoms with E-state index in [1.807, 2.05) is 13.1 Å². The summed E-state index contributed by atoms with van der Waals surface area (Å²) in [6.07, 6.45) is 1.06. The zero-order chi connectivity index (χ0) is 12.4. The Morgan fingerprint density at radius 2 is 2.29 bits per heavy atom. The predicted octanol–water partition coefficient (Wildman–Crippen LogP) is 2.75. The van der Waals surface area contributed by atoms with Crippen LogP contribution in [0.4, 0.5) is 10.1 Å². The minimum Gasteiger partial charge on any atom is -0.371 e. The van der Waals surface area contributed by atoms with Gasteiger partial charge >= 0.3 is 0 Å². The molecule has 1 N–H and O–H groups in total. The van der Waals surface area contributed by atoms with Crippen LogP contribution in [-0.2, 0) is 0 Å². The second-order valence-corrected chi connectivity index (χ2v) is 4.86. The average molecular weight is 236 g/mol. The van der Waals surface area contributed by atoms with E-state index in [0.29, 0.717) is 12.0 Å². The van der Waals surface area contributed by atoms with Crippen molar-refractivity contribution >= 4 is 5.69 Å². The maximum absolute atomic E-state index is 13.4. The Balaban J connectivity index is 2.25. The van der Waals surface area contributed by atoms with Crippen molar-refractivity contribution in [1.82, 2.24) is 5.32 Å². The van der Waals surface area contributed by atoms with Gasteiger partial charge in [0.1, 0.15) is 5.82 Å². The van der Waals surface area contributed by atoms with E-state index in [4.69, 9.17) is 0 Å². The van der Waals surface area contributed by atoms with Gasteiger partial charge < -0.3 is 10.2 Å². The monoisotopic (exact) mass is 236 g/mol. The Hall–Kier alpha value is -1.09. The molecule has 0 amide bonds. The maximum atomic E-state index is 13.4. The lowest BCUT2D eigenvalue weighted by molar-refractivity contribution is 0.505. The molecule has 1 aromatic rings. The van der Waals surface area contributed by atoms with Gasteiger partial charge in [-0.05, 0) is 51.1 Å². The molecule has 1 aromatic carbocycles. The number of anilines is 1. The number of nitrogens with one attached hydrogen (secondary N) is 1. The number of halogens is 1. The van der Waals surface area contributed by atoms with Crippen molar-refractivity contribution in [2.75, 3.05) is 25.0 Å². The molecular formula is C14H21FN2. The number of likely N-dealkylation sites (N-methyl/N-ethyl adjacent to an activating group) is 1. The first kappa shape index (κ1) is 12.4. The first-order valence-electron chi connectivity index (χ1n) is 6.37. The molecular weight excluding hydrogens is 215 g/mol. The molecule has 2 rings (SSSR count). The number of nitrogens with zero attached hydrogens (tertiary/aromatic N) is 1. The van der Waals surface area contributed by atoms with Gasteiger partial charge in [0.05, 0.1) is 0 Å². The summed E-state index contributed by atoms with van der Waals surface area (Å²) >= 11 is 0. The SMILES string of the molecule is CCN1CC(CC(C)NC)c2cc(F)ccc21. The Kier molecular flexibility index (Phi) is 3.67. The van der Waals surface area contributed by atoms with Crippen LogP contribution in [0.5, 0.6) is 0 Å². The highest BCUT2D eigenvalue weighted by molar-refractivity contribution is 5.60. The van der Waals surface area contributed by atoms with Crippen molar-refractivity contribution in [1.29, 1.82) is 0 Å². The molecule has 0 bridgehead atoms. The summed E-state index contributed by atoms with van der Waals surface area (Å²) in [4.78, 5) is 2.34. The summed E-state index contributed by atoms with van der Waals surface area (Å²) in [6, 6.07) is 5.65. The average Bonchev–Trinajstić information content (AvgIpc) is 2.66. The Labute approximate surface area is 103 Å². The van der Waals surface area contributed by atoms with Crippen LogP contribution in [0.3, 0.4) is 0 Å². The van der Waals surface area contributed by atoms with Crippen LogP contribution >= 0.6 is 0 Å². The van der Waals surface area contributed by atoms with Crippen LogP contribution in [0.1, 0.15) is 31.7 Å². The summed E-state index contributed by atoms with van der Waals surface area (Å²) in [5, 5.41) is 3.26. The minimum atomic E-state index is -0.121. The molecule has 1 aliphatic rings. The van der Waals surface area contributed by atoms with Gasteiger partial charge in [0.25, 0.3) is 0 Å². The van der Waals surface area contributed by atoms with Crippen molar-refractivity contribution in [2.24, 2.45) is 0 Å². The van der Waals surface area contributed by atoms with Crippen molar-refractivity contribution in [3.63, 3.8) is 0 Å². The standard InChI is InChI=1S/C14H21FN2/c1-4-17-9-11(7-10(2)16-3)13-8-12(15)5-6-14(13)17/h5-6,8,10-11,16H,4,7,9H2,1-3H3. The van der Waals surface area contributed by atoms with Crippen molar-refractivity contribution in [3.8, 4) is 0 Å². The molecule has 2 atom stereocenters. The number of hydrogen-bond acceptors (Lipinski definition) is 2. The van der Waals surface area contributed by atoms with E-state index in [1.54, 1.807) is 12.1 Å². The van der Waals surface area contributed by atoms with Gasteiger partial charge in [-0.2, -0.15) is 0 Å². The third-order valence-electron chi connectivity index (χ3n) is 3.72. The van der Waals surface area contributed by atoms with E-state index >= 15 is 0 Å². The Morgan fingerprint density at radius 3 is 2.94 bits per heavy atom. The molecule has 0 aromatic heterocycles. The fourth-order valence-corrected chi connectivity index (χ4v) is 2.65. The largest absolute Gasteiger partial charge is 0.371 e. The van der Waals surface area contributed by atoms with Crippen LogP contribution in [0.15, 0.2) is 18.2 Å². The molecule has 0 fully saturated rings. The maximum Gasteiger partial charge on any atom is 0.123 e. The summed E-state index contributed by atoms with van der Waals surface area (Å²) in [5.74, 6) is 0.326. The molecule has 0 radical (unpaired) electrons. The van der Waals surface area contributed by atoms with Gasteiger partial charge in [-0.25, -0.2) is 4.39 Å². The smallest absolute Gasteiger partial charge is 0.123 e. The third-order valence-corrected chi connectivity index (χ3v) is 3.72.